The van der Waals surface area contributed by atoms with Crippen molar-refractivity contribution in [3.05, 3.63) is 119 Å². The fourth-order valence-corrected chi connectivity index (χ4v) is 5.77. The van der Waals surface area contributed by atoms with Gasteiger partial charge in [0.05, 0.1) is 29.2 Å². The summed E-state index contributed by atoms with van der Waals surface area (Å²) in [5, 5.41) is 15.9. The largest absolute Gasteiger partial charge is 0.379 e. The van der Waals surface area contributed by atoms with E-state index in [0.717, 1.165) is 28.7 Å². The van der Waals surface area contributed by atoms with Gasteiger partial charge in [0.2, 0.25) is 10.0 Å². The Labute approximate surface area is 232 Å². The van der Waals surface area contributed by atoms with Gasteiger partial charge in [-0.05, 0) is 54.1 Å². The number of para-hydroxylation sites is 2. The molecule has 1 saturated heterocycles. The summed E-state index contributed by atoms with van der Waals surface area (Å²) in [5.41, 5.74) is 6.13. The lowest BCUT2D eigenvalue weighted by atomic mass is 10.1. The molecule has 10 nitrogen and oxygen atoms in total. The molecule has 0 spiro atoms. The molecule has 11 heteroatoms. The second kappa shape index (κ2) is 12.1. The van der Waals surface area contributed by atoms with Crippen LogP contribution in [-0.2, 0) is 14.8 Å². The smallest absolute Gasteiger partial charge is 0.295 e. The molecule has 1 heterocycles. The zero-order valence-electron chi connectivity index (χ0n) is 21.5. The van der Waals surface area contributed by atoms with Crippen LogP contribution in [0.3, 0.4) is 0 Å². The first-order valence-electron chi connectivity index (χ1n) is 12.6. The van der Waals surface area contributed by atoms with Gasteiger partial charge in [-0.3, -0.25) is 15.5 Å². The topological polar surface area (TPSA) is 117 Å². The van der Waals surface area contributed by atoms with Crippen molar-refractivity contribution in [2.45, 2.75) is 4.90 Å². The van der Waals surface area contributed by atoms with Crippen molar-refractivity contribution in [2.24, 2.45) is 5.10 Å². The van der Waals surface area contributed by atoms with Crippen LogP contribution < -0.4 is 10.3 Å². The third-order valence-corrected chi connectivity index (χ3v) is 8.25. The van der Waals surface area contributed by atoms with E-state index in [1.807, 2.05) is 84.9 Å². The Hall–Kier alpha value is -4.58. The molecule has 0 aliphatic carbocycles. The maximum absolute atomic E-state index is 12.9. The van der Waals surface area contributed by atoms with Crippen LogP contribution in [0.2, 0.25) is 0 Å². The van der Waals surface area contributed by atoms with Crippen LogP contribution in [0.15, 0.2) is 113 Å². The summed E-state index contributed by atoms with van der Waals surface area (Å²) in [7, 11) is -3.87. The van der Waals surface area contributed by atoms with E-state index < -0.39 is 14.9 Å². The van der Waals surface area contributed by atoms with Crippen LogP contribution in [0.25, 0.3) is 0 Å². The first kappa shape index (κ1) is 27.0. The Morgan fingerprint density at radius 3 is 2.00 bits per heavy atom. The highest BCUT2D eigenvalue weighted by atomic mass is 32.2. The second-order valence-corrected chi connectivity index (χ2v) is 10.9. The zero-order valence-corrected chi connectivity index (χ0v) is 22.3. The number of anilines is 4. The maximum atomic E-state index is 12.9. The molecule has 1 N–H and O–H groups in total. The number of hydrogen-bond donors (Lipinski definition) is 1. The van der Waals surface area contributed by atoms with Gasteiger partial charge in [0.25, 0.3) is 5.69 Å². The molecule has 0 amide bonds. The lowest BCUT2D eigenvalue weighted by Gasteiger charge is -2.26. The number of ether oxygens (including phenoxy) is 1. The van der Waals surface area contributed by atoms with Crippen molar-refractivity contribution in [3.63, 3.8) is 0 Å². The van der Waals surface area contributed by atoms with Crippen molar-refractivity contribution in [1.29, 1.82) is 0 Å². The van der Waals surface area contributed by atoms with E-state index >= 15 is 0 Å². The monoisotopic (exact) mass is 557 g/mol. The minimum Gasteiger partial charge on any atom is -0.379 e. The predicted octanol–water partition coefficient (Wildman–Crippen LogP) is 5.53. The lowest BCUT2D eigenvalue weighted by Crippen LogP contribution is -2.40. The summed E-state index contributed by atoms with van der Waals surface area (Å²) in [5.74, 6) is 0. The highest BCUT2D eigenvalue weighted by molar-refractivity contribution is 7.89. The summed E-state index contributed by atoms with van der Waals surface area (Å²) in [4.78, 5) is 13.1. The van der Waals surface area contributed by atoms with Gasteiger partial charge in [0.1, 0.15) is 5.69 Å². The van der Waals surface area contributed by atoms with Crippen molar-refractivity contribution >= 4 is 44.7 Å². The fraction of sp³-hybridized carbons (Fsp3) is 0.138. The molecule has 1 aliphatic rings. The van der Waals surface area contributed by atoms with Crippen LogP contribution in [0.5, 0.6) is 0 Å². The fourth-order valence-electron chi connectivity index (χ4n) is 4.34. The van der Waals surface area contributed by atoms with Crippen LogP contribution >= 0.6 is 0 Å². The summed E-state index contributed by atoms with van der Waals surface area (Å²) in [6.45, 7) is 0.974. The van der Waals surface area contributed by atoms with E-state index in [1.165, 1.54) is 16.4 Å². The first-order valence-corrected chi connectivity index (χ1v) is 14.0. The van der Waals surface area contributed by atoms with Crippen molar-refractivity contribution in [3.8, 4) is 0 Å². The number of nitro benzene ring substituents is 1. The van der Waals surface area contributed by atoms with Gasteiger partial charge in [-0.2, -0.15) is 9.41 Å². The maximum Gasteiger partial charge on any atom is 0.295 e. The van der Waals surface area contributed by atoms with Crippen LogP contribution in [0.4, 0.5) is 28.4 Å². The molecule has 4 aromatic rings. The number of nitrogens with one attached hydrogen (secondary N) is 1. The Balaban J connectivity index is 1.33. The molecule has 0 radical (unpaired) electrons. The molecule has 0 bridgehead atoms. The van der Waals surface area contributed by atoms with Gasteiger partial charge in [0.15, 0.2) is 0 Å². The molecule has 1 aliphatic heterocycles. The molecule has 0 atom stereocenters. The number of benzene rings is 4. The standard InChI is InChI=1S/C29H27N5O5S/c35-34(36)29-21-27(40(37,38)32-17-19-39-20-18-32)15-16-28(29)31-30-22-23-11-13-26(14-12-23)33(24-7-3-1-4-8-24)25-9-5-2-6-10-25/h1-16,21-22,31H,17-20H2/b30-22-. The molecule has 5 rings (SSSR count). The van der Waals surface area contributed by atoms with Gasteiger partial charge in [0, 0.05) is 36.2 Å². The van der Waals surface area contributed by atoms with Crippen LogP contribution in [-0.4, -0.2) is 50.2 Å². The van der Waals surface area contributed by atoms with E-state index in [1.54, 1.807) is 6.21 Å². The minimum atomic E-state index is -3.87. The van der Waals surface area contributed by atoms with Crippen molar-refractivity contribution in [1.82, 2.24) is 4.31 Å². The Bertz CT molecular complexity index is 1550. The number of hydrazone groups is 1. The number of morpholine rings is 1. The van der Waals surface area contributed by atoms with E-state index in [9.17, 15) is 18.5 Å². The molecule has 0 aromatic heterocycles. The average Bonchev–Trinajstić information content (AvgIpc) is 2.99. The third-order valence-electron chi connectivity index (χ3n) is 6.35. The molecule has 204 valence electrons. The Kier molecular flexibility index (Phi) is 8.15. The predicted molar refractivity (Wildman–Crippen MR) is 155 cm³/mol. The van der Waals surface area contributed by atoms with Crippen LogP contribution in [0, 0.1) is 10.1 Å². The Morgan fingerprint density at radius 2 is 1.43 bits per heavy atom. The molecule has 1 fully saturated rings. The average molecular weight is 558 g/mol. The molecular formula is C29H27N5O5S. The van der Waals surface area contributed by atoms with E-state index in [0.29, 0.717) is 0 Å². The van der Waals surface area contributed by atoms with Gasteiger partial charge in [-0.25, -0.2) is 8.42 Å². The molecular weight excluding hydrogens is 530 g/mol. The van der Waals surface area contributed by atoms with Gasteiger partial charge < -0.3 is 9.64 Å². The highest BCUT2D eigenvalue weighted by Gasteiger charge is 2.28. The number of hydrogen-bond acceptors (Lipinski definition) is 8. The SMILES string of the molecule is O=[N+]([O-])c1cc(S(=O)(=O)N2CCOCC2)ccc1N/N=C\c1ccc(N(c2ccccc2)c2ccccc2)cc1. The summed E-state index contributed by atoms with van der Waals surface area (Å²) < 4.78 is 32.3. The third kappa shape index (κ3) is 6.01. The van der Waals surface area contributed by atoms with Crippen molar-refractivity contribution < 1.29 is 18.1 Å². The van der Waals surface area contributed by atoms with Crippen LogP contribution in [0.1, 0.15) is 5.56 Å². The minimum absolute atomic E-state index is 0.0816. The highest BCUT2D eigenvalue weighted by Crippen LogP contribution is 2.34. The zero-order chi connectivity index (χ0) is 28.0. The molecule has 0 unspecified atom stereocenters. The number of rotatable bonds is 9. The normalized spacial score (nSPS) is 14.2. The summed E-state index contributed by atoms with van der Waals surface area (Å²) >= 11 is 0. The van der Waals surface area contributed by atoms with E-state index in [2.05, 4.69) is 15.4 Å². The lowest BCUT2D eigenvalue weighted by molar-refractivity contribution is -0.384. The van der Waals surface area contributed by atoms with E-state index in [4.69, 9.17) is 4.74 Å². The van der Waals surface area contributed by atoms with E-state index in [-0.39, 0.29) is 42.6 Å². The number of sulfonamides is 1. The first-order chi connectivity index (χ1) is 19.4. The molecule has 0 saturated carbocycles. The molecule has 40 heavy (non-hydrogen) atoms. The Morgan fingerprint density at radius 1 is 0.850 bits per heavy atom. The van der Waals surface area contributed by atoms with Gasteiger partial charge in [-0.15, -0.1) is 0 Å². The number of nitro groups is 1. The van der Waals surface area contributed by atoms with Gasteiger partial charge >= 0.3 is 0 Å². The summed E-state index contributed by atoms with van der Waals surface area (Å²) in [6.07, 6.45) is 1.54. The van der Waals surface area contributed by atoms with Gasteiger partial charge in [-0.1, -0.05) is 48.5 Å². The quantitative estimate of drug-likeness (QED) is 0.163. The second-order valence-electron chi connectivity index (χ2n) is 8.92. The number of nitrogens with zero attached hydrogens (tertiary/aromatic N) is 4. The van der Waals surface area contributed by atoms with Crippen molar-refractivity contribution in [2.75, 3.05) is 36.6 Å². The molecule has 4 aromatic carbocycles. The summed E-state index contributed by atoms with van der Waals surface area (Å²) in [6, 6.07) is 31.5.